The van der Waals surface area contributed by atoms with Crippen LogP contribution in [0.3, 0.4) is 0 Å². The number of nitriles is 1. The SMILES string of the molecule is CC1(C)c2ccccc2-c2cccc(-c3nc(-c4ccccc4)nc(-c4cc(C#N)c(-n5c6ccccc6c6ccccc65)cc4F)n3)c21. The summed E-state index contributed by atoms with van der Waals surface area (Å²) >= 11 is 0. The van der Waals surface area contributed by atoms with E-state index in [1.54, 1.807) is 6.07 Å². The summed E-state index contributed by atoms with van der Waals surface area (Å²) in [4.78, 5) is 14.8. The fraction of sp³-hybridized carbons (Fsp3) is 0.0698. The summed E-state index contributed by atoms with van der Waals surface area (Å²) in [6.45, 7) is 4.43. The maximum atomic E-state index is 16.6. The molecule has 1 aliphatic carbocycles. The monoisotopic (exact) mass is 633 g/mol. The predicted octanol–water partition coefficient (Wildman–Crippen LogP) is 10.3. The zero-order chi connectivity index (χ0) is 33.3. The minimum atomic E-state index is -0.530. The van der Waals surface area contributed by atoms with Crippen LogP contribution in [0.15, 0.2) is 133 Å². The highest BCUT2D eigenvalue weighted by Crippen LogP contribution is 2.51. The molecule has 6 aromatic carbocycles. The summed E-state index contributed by atoms with van der Waals surface area (Å²) < 4.78 is 18.6. The molecule has 1 aliphatic rings. The van der Waals surface area contributed by atoms with E-state index in [0.717, 1.165) is 44.1 Å². The highest BCUT2D eigenvalue weighted by Gasteiger charge is 2.38. The van der Waals surface area contributed by atoms with Crippen molar-refractivity contribution in [2.75, 3.05) is 0 Å². The van der Waals surface area contributed by atoms with Gasteiger partial charge >= 0.3 is 0 Å². The predicted molar refractivity (Wildman–Crippen MR) is 193 cm³/mol. The number of hydrogen-bond acceptors (Lipinski definition) is 4. The van der Waals surface area contributed by atoms with Crippen LogP contribution in [0, 0.1) is 17.1 Å². The summed E-state index contributed by atoms with van der Waals surface area (Å²) in [5.74, 6) is 0.512. The van der Waals surface area contributed by atoms with E-state index in [0.29, 0.717) is 22.9 Å². The molecule has 0 aliphatic heterocycles. The lowest BCUT2D eigenvalue weighted by molar-refractivity contribution is 0.628. The van der Waals surface area contributed by atoms with Crippen LogP contribution in [0.5, 0.6) is 0 Å². The van der Waals surface area contributed by atoms with Crippen molar-refractivity contribution in [3.05, 3.63) is 156 Å². The second-order valence-electron chi connectivity index (χ2n) is 12.9. The van der Waals surface area contributed by atoms with Crippen molar-refractivity contribution in [3.63, 3.8) is 0 Å². The zero-order valence-corrected chi connectivity index (χ0v) is 26.8. The molecule has 0 N–H and O–H groups in total. The lowest BCUT2D eigenvalue weighted by atomic mass is 9.80. The van der Waals surface area contributed by atoms with Crippen LogP contribution in [-0.4, -0.2) is 19.5 Å². The average molecular weight is 634 g/mol. The van der Waals surface area contributed by atoms with E-state index in [1.807, 2.05) is 95.6 Å². The van der Waals surface area contributed by atoms with Gasteiger partial charge in [-0.1, -0.05) is 123 Å². The van der Waals surface area contributed by atoms with Crippen LogP contribution in [0.2, 0.25) is 0 Å². The van der Waals surface area contributed by atoms with Crippen molar-refractivity contribution in [1.82, 2.24) is 19.5 Å². The van der Waals surface area contributed by atoms with E-state index in [-0.39, 0.29) is 16.8 Å². The van der Waals surface area contributed by atoms with Gasteiger partial charge in [-0.3, -0.25) is 0 Å². The van der Waals surface area contributed by atoms with E-state index < -0.39 is 5.82 Å². The quantitative estimate of drug-likeness (QED) is 0.193. The molecule has 232 valence electrons. The van der Waals surface area contributed by atoms with Crippen LogP contribution in [0.25, 0.3) is 72.8 Å². The van der Waals surface area contributed by atoms with E-state index >= 15 is 4.39 Å². The number of benzene rings is 6. The summed E-state index contributed by atoms with van der Waals surface area (Å²) in [5.41, 5.74) is 8.69. The lowest BCUT2D eigenvalue weighted by Gasteiger charge is -2.24. The standard InChI is InChI=1S/C43H28FN5/c1-43(2)34-20-9-6-15-28(34)31-18-12-19-32(39(31)43)41-46-40(26-13-4-3-5-14-26)47-42(48-41)33-23-27(25-45)38(24-35(33)44)49-36-21-10-7-16-29(36)30-17-8-11-22-37(30)49/h3-24H,1-2H3. The highest BCUT2D eigenvalue weighted by atomic mass is 19.1. The number of para-hydroxylation sites is 2. The van der Waals surface area contributed by atoms with E-state index in [4.69, 9.17) is 15.0 Å². The topological polar surface area (TPSA) is 67.4 Å². The normalized spacial score (nSPS) is 12.9. The molecule has 9 rings (SSSR count). The highest BCUT2D eigenvalue weighted by molar-refractivity contribution is 6.09. The van der Waals surface area contributed by atoms with Crippen molar-refractivity contribution in [1.29, 1.82) is 5.26 Å². The van der Waals surface area contributed by atoms with Gasteiger partial charge in [0.1, 0.15) is 11.9 Å². The van der Waals surface area contributed by atoms with Crippen molar-refractivity contribution in [2.24, 2.45) is 0 Å². The number of fused-ring (bicyclic) bond motifs is 6. The van der Waals surface area contributed by atoms with Gasteiger partial charge in [-0.2, -0.15) is 5.26 Å². The second-order valence-corrected chi connectivity index (χ2v) is 12.9. The van der Waals surface area contributed by atoms with Crippen molar-refractivity contribution in [2.45, 2.75) is 19.3 Å². The van der Waals surface area contributed by atoms with Gasteiger partial charge in [0.05, 0.1) is 27.8 Å². The van der Waals surface area contributed by atoms with Gasteiger partial charge in [-0.25, -0.2) is 19.3 Å². The largest absolute Gasteiger partial charge is 0.308 e. The van der Waals surface area contributed by atoms with Gasteiger partial charge in [0, 0.05) is 27.3 Å². The van der Waals surface area contributed by atoms with Crippen LogP contribution in [0.4, 0.5) is 4.39 Å². The average Bonchev–Trinajstić information content (AvgIpc) is 3.60. The molecule has 0 radical (unpaired) electrons. The molecule has 0 bridgehead atoms. The Morgan fingerprint density at radius 1 is 0.592 bits per heavy atom. The number of aromatic nitrogens is 4. The minimum absolute atomic E-state index is 0.136. The zero-order valence-electron chi connectivity index (χ0n) is 26.8. The molecule has 0 spiro atoms. The Balaban J connectivity index is 1.28. The van der Waals surface area contributed by atoms with Gasteiger partial charge in [0.15, 0.2) is 17.5 Å². The number of nitrogens with zero attached hydrogens (tertiary/aromatic N) is 5. The van der Waals surface area contributed by atoms with Gasteiger partial charge in [0.2, 0.25) is 0 Å². The van der Waals surface area contributed by atoms with E-state index in [1.165, 1.54) is 17.2 Å². The third kappa shape index (κ3) is 4.33. The minimum Gasteiger partial charge on any atom is -0.308 e. The maximum absolute atomic E-state index is 16.6. The molecule has 8 aromatic rings. The Kier molecular flexibility index (Phi) is 6.33. The Morgan fingerprint density at radius 3 is 1.88 bits per heavy atom. The van der Waals surface area contributed by atoms with Gasteiger partial charge < -0.3 is 4.57 Å². The molecule has 0 saturated heterocycles. The molecule has 0 saturated carbocycles. The first-order valence-electron chi connectivity index (χ1n) is 16.2. The first-order chi connectivity index (χ1) is 23.9. The molecule has 0 fully saturated rings. The molecular weight excluding hydrogens is 606 g/mol. The van der Waals surface area contributed by atoms with Gasteiger partial charge in [-0.05, 0) is 46.5 Å². The van der Waals surface area contributed by atoms with Crippen LogP contribution in [-0.2, 0) is 5.41 Å². The Morgan fingerprint density at radius 2 is 1.16 bits per heavy atom. The van der Waals surface area contributed by atoms with Crippen molar-refractivity contribution >= 4 is 21.8 Å². The molecule has 49 heavy (non-hydrogen) atoms. The molecule has 0 atom stereocenters. The Bertz CT molecular complexity index is 2610. The lowest BCUT2D eigenvalue weighted by Crippen LogP contribution is -2.17. The van der Waals surface area contributed by atoms with Crippen molar-refractivity contribution in [3.8, 4) is 57.0 Å². The molecule has 6 heteroatoms. The Hall–Kier alpha value is -6.45. The van der Waals surface area contributed by atoms with Crippen LogP contribution >= 0.6 is 0 Å². The first kappa shape index (κ1) is 28.7. The Labute approximate surface area is 282 Å². The second kappa shape index (κ2) is 10.8. The fourth-order valence-corrected chi connectivity index (χ4v) is 7.56. The first-order valence-corrected chi connectivity index (χ1v) is 16.2. The summed E-state index contributed by atoms with van der Waals surface area (Å²) in [7, 11) is 0. The van der Waals surface area contributed by atoms with Crippen LogP contribution in [0.1, 0.15) is 30.5 Å². The third-order valence-electron chi connectivity index (χ3n) is 9.76. The van der Waals surface area contributed by atoms with Gasteiger partial charge in [-0.15, -0.1) is 0 Å². The molecular formula is C43H28FN5. The van der Waals surface area contributed by atoms with Crippen LogP contribution < -0.4 is 0 Å². The molecule has 0 unspecified atom stereocenters. The number of rotatable bonds is 4. The summed E-state index contributed by atoms with van der Waals surface area (Å²) in [6.07, 6.45) is 0. The van der Waals surface area contributed by atoms with E-state index in [9.17, 15) is 5.26 Å². The summed E-state index contributed by atoms with van der Waals surface area (Å²) in [6, 6.07) is 45.6. The fourth-order valence-electron chi connectivity index (χ4n) is 7.56. The third-order valence-corrected chi connectivity index (χ3v) is 9.76. The number of halogens is 1. The summed E-state index contributed by atoms with van der Waals surface area (Å²) in [5, 5.41) is 12.6. The smallest absolute Gasteiger partial charge is 0.167 e. The molecule has 2 aromatic heterocycles. The molecule has 5 nitrogen and oxygen atoms in total. The maximum Gasteiger partial charge on any atom is 0.167 e. The number of hydrogen-bond donors (Lipinski definition) is 0. The van der Waals surface area contributed by atoms with Crippen molar-refractivity contribution < 1.29 is 4.39 Å². The van der Waals surface area contributed by atoms with Gasteiger partial charge in [0.25, 0.3) is 0 Å². The molecule has 2 heterocycles. The van der Waals surface area contributed by atoms with E-state index in [2.05, 4.69) is 50.2 Å². The molecule has 0 amide bonds.